The number of hydrogen-bond acceptors (Lipinski definition) is 4. The van der Waals surface area contributed by atoms with Crippen molar-refractivity contribution >= 4 is 11.0 Å². The number of para-hydroxylation sites is 1. The SMILES string of the molecule is CCn1ncc2c1CCC[C@@H]2NCc1cc2cccc(OC)c2o1. The van der Waals surface area contributed by atoms with E-state index in [1.54, 1.807) is 7.11 Å². The quantitative estimate of drug-likeness (QED) is 0.775. The molecule has 126 valence electrons. The van der Waals surface area contributed by atoms with E-state index in [1.807, 2.05) is 18.3 Å². The van der Waals surface area contributed by atoms with Crippen LogP contribution in [-0.4, -0.2) is 16.9 Å². The molecule has 2 heterocycles. The van der Waals surface area contributed by atoms with Crippen molar-refractivity contribution in [2.24, 2.45) is 0 Å². The summed E-state index contributed by atoms with van der Waals surface area (Å²) in [6, 6.07) is 8.40. The molecule has 1 aliphatic rings. The zero-order valence-corrected chi connectivity index (χ0v) is 14.2. The number of nitrogens with one attached hydrogen (secondary N) is 1. The summed E-state index contributed by atoms with van der Waals surface area (Å²) in [5.74, 6) is 1.72. The van der Waals surface area contributed by atoms with Gasteiger partial charge in [-0.25, -0.2) is 0 Å². The molecule has 0 fully saturated rings. The first-order valence-electron chi connectivity index (χ1n) is 8.63. The molecule has 0 saturated carbocycles. The second-order valence-electron chi connectivity index (χ2n) is 6.28. The number of ether oxygens (including phenoxy) is 1. The Morgan fingerprint density at radius 1 is 1.42 bits per heavy atom. The maximum Gasteiger partial charge on any atom is 0.176 e. The molecule has 1 N–H and O–H groups in total. The van der Waals surface area contributed by atoms with Crippen molar-refractivity contribution in [2.45, 2.75) is 45.3 Å². The molecule has 24 heavy (non-hydrogen) atoms. The summed E-state index contributed by atoms with van der Waals surface area (Å²) in [5.41, 5.74) is 3.55. The minimum absolute atomic E-state index is 0.351. The van der Waals surface area contributed by atoms with Gasteiger partial charge in [-0.05, 0) is 38.3 Å². The summed E-state index contributed by atoms with van der Waals surface area (Å²) in [5, 5.41) is 9.24. The van der Waals surface area contributed by atoms with Crippen molar-refractivity contribution in [1.29, 1.82) is 0 Å². The highest BCUT2D eigenvalue weighted by molar-refractivity contribution is 5.83. The van der Waals surface area contributed by atoms with Crippen LogP contribution < -0.4 is 10.1 Å². The number of furan rings is 1. The lowest BCUT2D eigenvalue weighted by Gasteiger charge is -2.23. The smallest absolute Gasteiger partial charge is 0.176 e. The molecule has 0 unspecified atom stereocenters. The zero-order chi connectivity index (χ0) is 16.5. The highest BCUT2D eigenvalue weighted by atomic mass is 16.5. The Morgan fingerprint density at radius 2 is 2.33 bits per heavy atom. The molecule has 0 radical (unpaired) electrons. The fourth-order valence-corrected chi connectivity index (χ4v) is 3.66. The third-order valence-electron chi connectivity index (χ3n) is 4.86. The van der Waals surface area contributed by atoms with Crippen molar-refractivity contribution in [2.75, 3.05) is 7.11 Å². The maximum atomic E-state index is 5.99. The van der Waals surface area contributed by atoms with Crippen LogP contribution >= 0.6 is 0 Å². The molecule has 2 aromatic heterocycles. The predicted octanol–water partition coefficient (Wildman–Crippen LogP) is 3.83. The van der Waals surface area contributed by atoms with Gasteiger partial charge < -0.3 is 14.5 Å². The average molecular weight is 325 g/mol. The van der Waals surface area contributed by atoms with E-state index in [0.717, 1.165) is 41.9 Å². The van der Waals surface area contributed by atoms with Crippen LogP contribution in [0, 0.1) is 0 Å². The largest absolute Gasteiger partial charge is 0.493 e. The van der Waals surface area contributed by atoms with Crippen molar-refractivity contribution < 1.29 is 9.15 Å². The first kappa shape index (κ1) is 15.3. The van der Waals surface area contributed by atoms with Gasteiger partial charge in [0, 0.05) is 29.2 Å². The molecular weight excluding hydrogens is 302 g/mol. The summed E-state index contributed by atoms with van der Waals surface area (Å²) in [6.45, 7) is 3.79. The third-order valence-corrected chi connectivity index (χ3v) is 4.86. The van der Waals surface area contributed by atoms with Crippen LogP contribution in [0.3, 0.4) is 0 Å². The second-order valence-corrected chi connectivity index (χ2v) is 6.28. The predicted molar refractivity (Wildman–Crippen MR) is 93.2 cm³/mol. The number of nitrogens with zero attached hydrogens (tertiary/aromatic N) is 2. The Hall–Kier alpha value is -2.27. The lowest BCUT2D eigenvalue weighted by molar-refractivity contribution is 0.398. The number of aryl methyl sites for hydroxylation is 1. The molecule has 0 saturated heterocycles. The third kappa shape index (κ3) is 2.59. The molecule has 1 aromatic carbocycles. The molecule has 5 heteroatoms. The Morgan fingerprint density at radius 3 is 3.17 bits per heavy atom. The second kappa shape index (κ2) is 6.32. The van der Waals surface area contributed by atoms with Gasteiger partial charge >= 0.3 is 0 Å². The fourth-order valence-electron chi connectivity index (χ4n) is 3.66. The van der Waals surface area contributed by atoms with E-state index in [0.29, 0.717) is 12.6 Å². The van der Waals surface area contributed by atoms with Gasteiger partial charge in [-0.2, -0.15) is 5.10 Å². The van der Waals surface area contributed by atoms with Crippen LogP contribution in [0.5, 0.6) is 5.75 Å². The van der Waals surface area contributed by atoms with Gasteiger partial charge in [-0.1, -0.05) is 12.1 Å². The topological polar surface area (TPSA) is 52.2 Å². The van der Waals surface area contributed by atoms with E-state index in [9.17, 15) is 0 Å². The molecule has 0 spiro atoms. The first-order chi connectivity index (χ1) is 11.8. The highest BCUT2D eigenvalue weighted by Gasteiger charge is 2.23. The van der Waals surface area contributed by atoms with E-state index in [1.165, 1.54) is 17.7 Å². The molecule has 1 aliphatic carbocycles. The van der Waals surface area contributed by atoms with Crippen LogP contribution in [0.15, 0.2) is 34.9 Å². The van der Waals surface area contributed by atoms with Crippen LogP contribution in [0.4, 0.5) is 0 Å². The number of fused-ring (bicyclic) bond motifs is 2. The summed E-state index contributed by atoms with van der Waals surface area (Å²) in [7, 11) is 1.67. The molecule has 0 aliphatic heterocycles. The Bertz CT molecular complexity index is 850. The van der Waals surface area contributed by atoms with Gasteiger partial charge in [0.15, 0.2) is 11.3 Å². The van der Waals surface area contributed by atoms with Gasteiger partial charge in [0.2, 0.25) is 0 Å². The lowest BCUT2D eigenvalue weighted by Crippen LogP contribution is -2.24. The van der Waals surface area contributed by atoms with Crippen LogP contribution in [0.1, 0.15) is 42.8 Å². The fraction of sp³-hybridized carbons (Fsp3) is 0.421. The van der Waals surface area contributed by atoms with Gasteiger partial charge in [0.05, 0.1) is 19.9 Å². The van der Waals surface area contributed by atoms with Gasteiger partial charge in [0.1, 0.15) is 5.76 Å². The van der Waals surface area contributed by atoms with E-state index >= 15 is 0 Å². The first-order valence-corrected chi connectivity index (χ1v) is 8.63. The zero-order valence-electron chi connectivity index (χ0n) is 14.2. The molecular formula is C19H23N3O2. The van der Waals surface area contributed by atoms with E-state index in [4.69, 9.17) is 9.15 Å². The van der Waals surface area contributed by atoms with Gasteiger partial charge in [-0.15, -0.1) is 0 Å². The lowest BCUT2D eigenvalue weighted by atomic mass is 9.93. The summed E-state index contributed by atoms with van der Waals surface area (Å²) in [6.07, 6.45) is 5.50. The number of aromatic nitrogens is 2. The van der Waals surface area contributed by atoms with Crippen LogP contribution in [-0.2, 0) is 19.5 Å². The van der Waals surface area contributed by atoms with Crippen LogP contribution in [0.25, 0.3) is 11.0 Å². The molecule has 0 amide bonds. The summed E-state index contributed by atoms with van der Waals surface area (Å²) < 4.78 is 13.5. The monoisotopic (exact) mass is 325 g/mol. The highest BCUT2D eigenvalue weighted by Crippen LogP contribution is 2.31. The van der Waals surface area contributed by atoms with E-state index in [2.05, 4.69) is 34.2 Å². The van der Waals surface area contributed by atoms with Crippen molar-refractivity contribution in [1.82, 2.24) is 15.1 Å². The van der Waals surface area contributed by atoms with Gasteiger partial charge in [-0.3, -0.25) is 4.68 Å². The Kier molecular flexibility index (Phi) is 4.02. The van der Waals surface area contributed by atoms with Crippen LogP contribution in [0.2, 0.25) is 0 Å². The number of methoxy groups -OCH3 is 1. The molecule has 5 nitrogen and oxygen atoms in total. The Balaban J connectivity index is 1.53. The summed E-state index contributed by atoms with van der Waals surface area (Å²) >= 11 is 0. The maximum absolute atomic E-state index is 5.99. The number of rotatable bonds is 5. The van der Waals surface area contributed by atoms with Gasteiger partial charge in [0.25, 0.3) is 0 Å². The molecule has 4 rings (SSSR count). The van der Waals surface area contributed by atoms with E-state index in [-0.39, 0.29) is 0 Å². The minimum Gasteiger partial charge on any atom is -0.493 e. The van der Waals surface area contributed by atoms with Crippen molar-refractivity contribution in [3.8, 4) is 5.75 Å². The number of hydrogen-bond donors (Lipinski definition) is 1. The van der Waals surface area contributed by atoms with Crippen molar-refractivity contribution in [3.63, 3.8) is 0 Å². The molecule has 0 bridgehead atoms. The van der Waals surface area contributed by atoms with Crippen molar-refractivity contribution in [3.05, 3.63) is 47.5 Å². The standard InChI is InChI=1S/C19H23N3O2/c1-3-22-17-8-5-7-16(15(17)12-21-22)20-11-14-10-13-6-4-9-18(23-2)19(13)24-14/h4,6,9-10,12,16,20H,3,5,7-8,11H2,1-2H3/t16-/m0/s1. The number of benzene rings is 1. The molecule has 1 atom stereocenters. The van der Waals surface area contributed by atoms with E-state index < -0.39 is 0 Å². The summed E-state index contributed by atoms with van der Waals surface area (Å²) in [4.78, 5) is 0. The molecule has 3 aromatic rings. The average Bonchev–Trinajstić information content (AvgIpc) is 3.23. The Labute approximate surface area is 141 Å². The normalized spacial score (nSPS) is 17.2. The minimum atomic E-state index is 0.351.